The zero-order valence-electron chi connectivity index (χ0n) is 6.25. The number of rotatable bonds is 2. The molecule has 0 radical (unpaired) electrons. The van der Waals surface area contributed by atoms with Crippen molar-refractivity contribution in [3.8, 4) is 0 Å². The summed E-state index contributed by atoms with van der Waals surface area (Å²) in [5, 5.41) is 0. The molecule has 0 bridgehead atoms. The Morgan fingerprint density at radius 2 is 1.67 bits per heavy atom. The van der Waals surface area contributed by atoms with E-state index in [2.05, 4.69) is 0 Å². The first-order valence-corrected chi connectivity index (χ1v) is 3.73. The molecule has 9 heavy (non-hydrogen) atoms. The van der Waals surface area contributed by atoms with E-state index in [0.717, 1.165) is 10.1 Å². The first kappa shape index (κ1) is 12.2. The molecule has 5 heteroatoms. The van der Waals surface area contributed by atoms with Crippen molar-refractivity contribution >= 4 is 10.0 Å². The van der Waals surface area contributed by atoms with E-state index in [1.807, 2.05) is 0 Å². The van der Waals surface area contributed by atoms with E-state index in [1.54, 1.807) is 0 Å². The van der Waals surface area contributed by atoms with Gasteiger partial charge in [0.05, 0.1) is 10.0 Å². The minimum atomic E-state index is -3.03. The summed E-state index contributed by atoms with van der Waals surface area (Å²) in [6, 6.07) is 0. The summed E-state index contributed by atoms with van der Waals surface area (Å²) in [5.74, 6) is 1.16. The fraction of sp³-hybridized carbons (Fsp3) is 0.750. The summed E-state index contributed by atoms with van der Waals surface area (Å²) in [7, 11) is -0.0370. The minimum Gasteiger partial charge on any atom is -0.247 e. The van der Waals surface area contributed by atoms with Crippen molar-refractivity contribution in [3.05, 3.63) is 5.75 Å². The zero-order chi connectivity index (χ0) is 6.78. The van der Waals surface area contributed by atoms with Crippen molar-refractivity contribution in [3.63, 3.8) is 0 Å². The number of hydrogen-bond donors (Lipinski definition) is 0. The molecule has 50 valence electrons. The molecule has 3 nitrogen and oxygen atoms in total. The first-order chi connectivity index (χ1) is 3.50. The van der Waals surface area contributed by atoms with E-state index in [1.165, 1.54) is 21.0 Å². The van der Waals surface area contributed by atoms with Crippen LogP contribution in [-0.4, -0.2) is 26.8 Å². The largest absolute Gasteiger partial charge is 1.00 e. The predicted octanol–water partition coefficient (Wildman–Crippen LogP) is -2.94. The third-order valence-corrected chi connectivity index (χ3v) is 2.42. The minimum absolute atomic E-state index is 0. The zero-order valence-corrected chi connectivity index (χ0v) is 7.07. The second-order valence-corrected chi connectivity index (χ2v) is 3.79. The van der Waals surface area contributed by atoms with Crippen molar-refractivity contribution in [1.29, 1.82) is 0 Å². The third kappa shape index (κ3) is 3.99. The topological polar surface area (TPSA) is 37.4 Å². The average Bonchev–Trinajstić information content (AvgIpc) is 1.67. The van der Waals surface area contributed by atoms with Crippen LogP contribution in [0, 0.1) is 5.75 Å². The van der Waals surface area contributed by atoms with Gasteiger partial charge in [-0.3, -0.25) is 0 Å². The Hall–Kier alpha value is 0.507. The molecule has 0 unspecified atom stereocenters. The molecule has 0 aromatic carbocycles. The standard InChI is InChI=1S/C4H10NO2S.Li/c1-4-8(6,7)5(2)3;/h4H,1-3H3;/q-1;+1. The molecular weight excluding hydrogens is 133 g/mol. The summed E-state index contributed by atoms with van der Waals surface area (Å²) in [6.45, 7) is 1.50. The molecule has 0 aromatic heterocycles. The van der Waals surface area contributed by atoms with Gasteiger partial charge in [-0.05, 0) is 14.1 Å². The van der Waals surface area contributed by atoms with Crippen LogP contribution in [0.25, 0.3) is 0 Å². The molecule has 0 aliphatic heterocycles. The molecule has 0 heterocycles. The van der Waals surface area contributed by atoms with Crippen LogP contribution in [0.4, 0.5) is 0 Å². The van der Waals surface area contributed by atoms with Gasteiger partial charge >= 0.3 is 18.9 Å². The van der Waals surface area contributed by atoms with Crippen LogP contribution >= 0.6 is 0 Å². The van der Waals surface area contributed by atoms with Crippen LogP contribution in [0.3, 0.4) is 0 Å². The first-order valence-electron chi connectivity index (χ1n) is 2.22. The van der Waals surface area contributed by atoms with Gasteiger partial charge in [-0.1, -0.05) is 0 Å². The predicted molar refractivity (Wildman–Crippen MR) is 32.6 cm³/mol. The Morgan fingerprint density at radius 3 is 1.67 bits per heavy atom. The summed E-state index contributed by atoms with van der Waals surface area (Å²) in [6.07, 6.45) is 0. The third-order valence-electron chi connectivity index (χ3n) is 0.807. The van der Waals surface area contributed by atoms with Crippen molar-refractivity contribution in [2.24, 2.45) is 0 Å². The molecule has 0 aromatic rings. The Labute approximate surface area is 68.7 Å². The maximum atomic E-state index is 10.6. The van der Waals surface area contributed by atoms with Gasteiger partial charge in [-0.25, -0.2) is 12.7 Å². The van der Waals surface area contributed by atoms with E-state index >= 15 is 0 Å². The molecule has 0 saturated carbocycles. The van der Waals surface area contributed by atoms with E-state index in [0.29, 0.717) is 0 Å². The van der Waals surface area contributed by atoms with E-state index < -0.39 is 10.0 Å². The molecule has 0 aliphatic rings. The van der Waals surface area contributed by atoms with Gasteiger partial charge in [-0.15, -0.1) is 0 Å². The van der Waals surface area contributed by atoms with Gasteiger partial charge in [0.15, 0.2) is 0 Å². The molecule has 0 aliphatic carbocycles. The summed E-state index contributed by atoms with van der Waals surface area (Å²) >= 11 is 0. The SMILES string of the molecule is C[CH-]S(=O)(=O)N(C)C.[Li+]. The maximum Gasteiger partial charge on any atom is 1.00 e. The quantitative estimate of drug-likeness (QED) is 0.306. The van der Waals surface area contributed by atoms with Crippen molar-refractivity contribution in [2.75, 3.05) is 14.1 Å². The molecule has 0 N–H and O–H groups in total. The average molecular weight is 143 g/mol. The van der Waals surface area contributed by atoms with Crippen molar-refractivity contribution in [2.45, 2.75) is 6.92 Å². The maximum absolute atomic E-state index is 10.6. The fourth-order valence-electron chi connectivity index (χ4n) is 0.211. The normalized spacial score (nSPS) is 11.1. The smallest absolute Gasteiger partial charge is 0.247 e. The van der Waals surface area contributed by atoms with Gasteiger partial charge < -0.3 is 0 Å². The van der Waals surface area contributed by atoms with Gasteiger partial charge in [0.1, 0.15) is 0 Å². The monoisotopic (exact) mass is 143 g/mol. The second kappa shape index (κ2) is 4.34. The van der Waals surface area contributed by atoms with Gasteiger partial charge in [0, 0.05) is 0 Å². The Morgan fingerprint density at radius 1 is 1.33 bits per heavy atom. The van der Waals surface area contributed by atoms with Crippen LogP contribution in [0.1, 0.15) is 6.92 Å². The van der Waals surface area contributed by atoms with Crippen molar-refractivity contribution < 1.29 is 27.3 Å². The Kier molecular flexibility index (Phi) is 5.89. The van der Waals surface area contributed by atoms with Crippen LogP contribution in [0.5, 0.6) is 0 Å². The van der Waals surface area contributed by atoms with E-state index in [4.69, 9.17) is 0 Å². The van der Waals surface area contributed by atoms with Crippen molar-refractivity contribution in [1.82, 2.24) is 4.31 Å². The van der Waals surface area contributed by atoms with Gasteiger partial charge in [0.25, 0.3) is 0 Å². The Balaban J connectivity index is 0. The molecule has 0 amide bonds. The molecule has 0 atom stereocenters. The summed E-state index contributed by atoms with van der Waals surface area (Å²) in [4.78, 5) is 0. The van der Waals surface area contributed by atoms with Crippen LogP contribution in [-0.2, 0) is 10.0 Å². The molecule has 0 spiro atoms. The number of nitrogens with zero attached hydrogens (tertiary/aromatic N) is 1. The molecular formula is C4H10LiNO2S. The van der Waals surface area contributed by atoms with Gasteiger partial charge in [0.2, 0.25) is 0 Å². The molecule has 0 saturated heterocycles. The molecule has 0 fully saturated rings. The van der Waals surface area contributed by atoms with Crippen LogP contribution in [0.15, 0.2) is 0 Å². The summed E-state index contributed by atoms with van der Waals surface area (Å²) in [5.41, 5.74) is 0. The van der Waals surface area contributed by atoms with E-state index in [-0.39, 0.29) is 18.9 Å². The second-order valence-electron chi connectivity index (χ2n) is 1.56. The Bertz CT molecular complexity index is 152. The van der Waals surface area contributed by atoms with Crippen LogP contribution in [0.2, 0.25) is 0 Å². The number of sulfonamides is 1. The van der Waals surface area contributed by atoms with Gasteiger partial charge in [-0.2, -0.15) is 12.7 Å². The summed E-state index contributed by atoms with van der Waals surface area (Å²) < 4.78 is 22.3. The fourth-order valence-corrected chi connectivity index (χ4v) is 0.632. The molecule has 0 rings (SSSR count). The number of hydrogen-bond acceptors (Lipinski definition) is 2. The van der Waals surface area contributed by atoms with E-state index in [9.17, 15) is 8.42 Å². The van der Waals surface area contributed by atoms with Crippen LogP contribution < -0.4 is 18.9 Å².